The summed E-state index contributed by atoms with van der Waals surface area (Å²) in [5, 5.41) is 24.1. The Labute approximate surface area is 124 Å². The molecule has 3 unspecified atom stereocenters. The van der Waals surface area contributed by atoms with Gasteiger partial charge < -0.3 is 10.4 Å². The van der Waals surface area contributed by atoms with Gasteiger partial charge in [-0.1, -0.05) is 20.8 Å². The van der Waals surface area contributed by atoms with Gasteiger partial charge in [0.1, 0.15) is 11.4 Å². The number of hydrogen-bond donors (Lipinski definition) is 2. The van der Waals surface area contributed by atoms with E-state index < -0.39 is 4.92 Å². The van der Waals surface area contributed by atoms with Gasteiger partial charge in [0.25, 0.3) is 5.69 Å². The Balaban J connectivity index is 1.96. The van der Waals surface area contributed by atoms with E-state index in [1.807, 2.05) is 0 Å². The maximum atomic E-state index is 11.2. The Morgan fingerprint density at radius 1 is 1.38 bits per heavy atom. The van der Waals surface area contributed by atoms with Crippen LogP contribution in [0.4, 0.5) is 11.4 Å². The molecule has 0 amide bonds. The van der Waals surface area contributed by atoms with E-state index >= 15 is 0 Å². The third-order valence-corrected chi connectivity index (χ3v) is 5.75. The fraction of sp³-hybridized carbons (Fsp3) is 0.625. The summed E-state index contributed by atoms with van der Waals surface area (Å²) in [5.74, 6) is 0.599. The predicted molar refractivity (Wildman–Crippen MR) is 81.4 cm³/mol. The van der Waals surface area contributed by atoms with E-state index in [2.05, 4.69) is 26.1 Å². The predicted octanol–water partition coefficient (Wildman–Crippen LogP) is 3.93. The van der Waals surface area contributed by atoms with E-state index in [-0.39, 0.29) is 28.3 Å². The van der Waals surface area contributed by atoms with Crippen molar-refractivity contribution in [3.05, 3.63) is 28.3 Å². The SMILES string of the molecule is CC12CCC(C1)C(C)(C)C2Nc1ccc(O)cc1[N+](=O)[O-]. The maximum Gasteiger partial charge on any atom is 0.296 e. The molecular weight excluding hydrogens is 268 g/mol. The molecule has 1 aromatic carbocycles. The van der Waals surface area contributed by atoms with Crippen LogP contribution in [-0.4, -0.2) is 16.1 Å². The summed E-state index contributed by atoms with van der Waals surface area (Å²) in [4.78, 5) is 10.8. The Hall–Kier alpha value is -1.78. The molecule has 0 heterocycles. The number of nitro groups is 1. The lowest BCUT2D eigenvalue weighted by molar-refractivity contribution is -0.384. The molecule has 2 fully saturated rings. The van der Waals surface area contributed by atoms with Gasteiger partial charge in [-0.2, -0.15) is 0 Å². The van der Waals surface area contributed by atoms with Crippen LogP contribution in [0.3, 0.4) is 0 Å². The number of nitrogens with one attached hydrogen (secondary N) is 1. The first-order chi connectivity index (χ1) is 9.74. The number of rotatable bonds is 3. The van der Waals surface area contributed by atoms with Crippen LogP contribution in [0, 0.1) is 26.9 Å². The smallest absolute Gasteiger partial charge is 0.296 e. The highest BCUT2D eigenvalue weighted by atomic mass is 16.6. The Bertz CT molecular complexity index is 594. The van der Waals surface area contributed by atoms with Crippen molar-refractivity contribution in [2.75, 3.05) is 5.32 Å². The van der Waals surface area contributed by atoms with Crippen molar-refractivity contribution < 1.29 is 10.0 Å². The molecule has 0 radical (unpaired) electrons. The van der Waals surface area contributed by atoms with Crippen LogP contribution in [0.2, 0.25) is 0 Å². The second-order valence-electron chi connectivity index (χ2n) is 7.45. The van der Waals surface area contributed by atoms with Gasteiger partial charge in [0, 0.05) is 6.04 Å². The first-order valence-corrected chi connectivity index (χ1v) is 7.48. The lowest BCUT2D eigenvalue weighted by Gasteiger charge is -2.43. The minimum atomic E-state index is -0.440. The minimum absolute atomic E-state index is 0.0582. The van der Waals surface area contributed by atoms with Gasteiger partial charge in [-0.05, 0) is 48.1 Å². The molecule has 1 aromatic rings. The average Bonchev–Trinajstić information content (AvgIpc) is 2.87. The van der Waals surface area contributed by atoms with E-state index in [0.29, 0.717) is 11.6 Å². The molecule has 114 valence electrons. The first-order valence-electron chi connectivity index (χ1n) is 7.48. The number of nitro benzene ring substituents is 1. The number of fused-ring (bicyclic) bond motifs is 2. The summed E-state index contributed by atoms with van der Waals surface area (Å²) < 4.78 is 0. The molecule has 0 saturated heterocycles. The molecule has 5 nitrogen and oxygen atoms in total. The van der Waals surface area contributed by atoms with Crippen LogP contribution in [0.15, 0.2) is 18.2 Å². The molecular formula is C16H22N2O3. The summed E-state index contributed by atoms with van der Waals surface area (Å²) >= 11 is 0. The number of phenols is 1. The Kier molecular flexibility index (Phi) is 2.94. The minimum Gasteiger partial charge on any atom is -0.508 e. The molecule has 2 N–H and O–H groups in total. The third-order valence-electron chi connectivity index (χ3n) is 5.75. The number of aromatic hydroxyl groups is 1. The highest BCUT2D eigenvalue weighted by Crippen LogP contribution is 2.63. The van der Waals surface area contributed by atoms with E-state index in [1.165, 1.54) is 31.4 Å². The molecule has 21 heavy (non-hydrogen) atoms. The Morgan fingerprint density at radius 2 is 2.10 bits per heavy atom. The monoisotopic (exact) mass is 290 g/mol. The van der Waals surface area contributed by atoms with Gasteiger partial charge in [0.2, 0.25) is 0 Å². The molecule has 0 spiro atoms. The lowest BCUT2D eigenvalue weighted by Crippen LogP contribution is -2.45. The number of phenolic OH excluding ortho intramolecular Hbond substituents is 1. The molecule has 0 aliphatic heterocycles. The second kappa shape index (κ2) is 4.36. The normalized spacial score (nSPS) is 33.1. The van der Waals surface area contributed by atoms with Crippen molar-refractivity contribution in [1.29, 1.82) is 0 Å². The third kappa shape index (κ3) is 2.06. The number of anilines is 1. The van der Waals surface area contributed by atoms with Crippen molar-refractivity contribution in [3.63, 3.8) is 0 Å². The second-order valence-corrected chi connectivity index (χ2v) is 7.45. The van der Waals surface area contributed by atoms with Crippen LogP contribution >= 0.6 is 0 Å². The fourth-order valence-electron chi connectivity index (χ4n) is 4.61. The van der Waals surface area contributed by atoms with Crippen molar-refractivity contribution in [2.24, 2.45) is 16.7 Å². The summed E-state index contributed by atoms with van der Waals surface area (Å²) in [6, 6.07) is 4.54. The first kappa shape index (κ1) is 14.2. The standard InChI is InChI=1S/C16H22N2O3/c1-15(2)10-6-7-16(3,9-10)14(15)17-12-5-4-11(19)8-13(12)18(20)21/h4-5,8,10,14,17,19H,6-7,9H2,1-3H3. The Morgan fingerprint density at radius 3 is 2.67 bits per heavy atom. The molecule has 5 heteroatoms. The summed E-state index contributed by atoms with van der Waals surface area (Å²) in [6.45, 7) is 6.80. The van der Waals surface area contributed by atoms with Crippen molar-refractivity contribution in [1.82, 2.24) is 0 Å². The summed E-state index contributed by atoms with van der Waals surface area (Å²) in [5.41, 5.74) is 0.764. The quantitative estimate of drug-likeness (QED) is 0.502. The molecule has 3 rings (SSSR count). The topological polar surface area (TPSA) is 75.4 Å². The van der Waals surface area contributed by atoms with E-state index in [4.69, 9.17) is 0 Å². The van der Waals surface area contributed by atoms with Crippen LogP contribution in [0.25, 0.3) is 0 Å². The largest absolute Gasteiger partial charge is 0.508 e. The zero-order chi connectivity index (χ0) is 15.4. The van der Waals surface area contributed by atoms with Crippen LogP contribution in [-0.2, 0) is 0 Å². The number of benzene rings is 1. The van der Waals surface area contributed by atoms with Gasteiger partial charge in [-0.15, -0.1) is 0 Å². The van der Waals surface area contributed by atoms with Crippen molar-refractivity contribution >= 4 is 11.4 Å². The van der Waals surface area contributed by atoms with E-state index in [9.17, 15) is 15.2 Å². The van der Waals surface area contributed by atoms with Gasteiger partial charge >= 0.3 is 0 Å². The van der Waals surface area contributed by atoms with E-state index in [0.717, 1.165) is 0 Å². The molecule has 2 aliphatic carbocycles. The van der Waals surface area contributed by atoms with Crippen molar-refractivity contribution in [2.45, 2.75) is 46.1 Å². The van der Waals surface area contributed by atoms with Gasteiger partial charge in [0.15, 0.2) is 0 Å². The maximum absolute atomic E-state index is 11.2. The van der Waals surface area contributed by atoms with Crippen LogP contribution in [0.1, 0.15) is 40.0 Å². The number of nitrogens with zero attached hydrogens (tertiary/aromatic N) is 1. The molecule has 2 bridgehead atoms. The molecule has 0 aromatic heterocycles. The molecule has 3 atom stereocenters. The summed E-state index contributed by atoms with van der Waals surface area (Å²) in [6.07, 6.45) is 3.60. The zero-order valence-electron chi connectivity index (χ0n) is 12.7. The highest BCUT2D eigenvalue weighted by molar-refractivity contribution is 5.64. The van der Waals surface area contributed by atoms with Crippen LogP contribution < -0.4 is 5.32 Å². The average molecular weight is 290 g/mol. The van der Waals surface area contributed by atoms with Crippen LogP contribution in [0.5, 0.6) is 5.75 Å². The lowest BCUT2D eigenvalue weighted by atomic mass is 9.68. The zero-order valence-corrected chi connectivity index (χ0v) is 12.7. The van der Waals surface area contributed by atoms with Gasteiger partial charge in [-0.25, -0.2) is 0 Å². The number of hydrogen-bond acceptors (Lipinski definition) is 4. The summed E-state index contributed by atoms with van der Waals surface area (Å²) in [7, 11) is 0. The van der Waals surface area contributed by atoms with Crippen molar-refractivity contribution in [3.8, 4) is 5.75 Å². The van der Waals surface area contributed by atoms with Gasteiger partial charge in [0.05, 0.1) is 11.0 Å². The fourth-order valence-corrected chi connectivity index (χ4v) is 4.61. The molecule has 2 aliphatic rings. The molecule has 2 saturated carbocycles. The highest BCUT2D eigenvalue weighted by Gasteiger charge is 2.59. The van der Waals surface area contributed by atoms with E-state index in [1.54, 1.807) is 6.07 Å². The van der Waals surface area contributed by atoms with Gasteiger partial charge in [-0.3, -0.25) is 10.1 Å².